The molecule has 0 unspecified atom stereocenters. The van der Waals surface area contributed by atoms with Gasteiger partial charge in [-0.2, -0.15) is 9.61 Å². The van der Waals surface area contributed by atoms with Crippen molar-refractivity contribution in [2.45, 2.75) is 13.2 Å². The Kier molecular flexibility index (Phi) is 5.27. The molecule has 0 radical (unpaired) electrons. The average Bonchev–Trinajstić information content (AvgIpc) is 3.20. The van der Waals surface area contributed by atoms with E-state index in [4.69, 9.17) is 9.47 Å². The van der Waals surface area contributed by atoms with Crippen molar-refractivity contribution in [3.05, 3.63) is 82.3 Å². The molecule has 3 heterocycles. The highest BCUT2D eigenvalue weighted by molar-refractivity contribution is 5.83. The smallest absolute Gasteiger partial charge is 0.283 e. The third kappa shape index (κ3) is 3.70. The second-order valence-corrected chi connectivity index (χ2v) is 7.39. The van der Waals surface area contributed by atoms with Crippen LogP contribution in [0.3, 0.4) is 0 Å². The molecule has 0 fully saturated rings. The normalized spacial score (nSPS) is 11.4. The van der Waals surface area contributed by atoms with Gasteiger partial charge < -0.3 is 9.47 Å². The van der Waals surface area contributed by atoms with E-state index in [-0.39, 0.29) is 29.1 Å². The molecule has 2 aromatic carbocycles. The number of nitrogens with zero attached hydrogens (tertiary/aromatic N) is 6. The van der Waals surface area contributed by atoms with Crippen LogP contribution in [-0.2, 0) is 17.9 Å². The van der Waals surface area contributed by atoms with Gasteiger partial charge in [-0.25, -0.2) is 9.37 Å². The molecule has 5 aromatic rings. The molecule has 0 saturated heterocycles. The molecule has 0 spiro atoms. The van der Waals surface area contributed by atoms with Crippen molar-refractivity contribution in [1.29, 1.82) is 0 Å². The van der Waals surface area contributed by atoms with Crippen molar-refractivity contribution < 1.29 is 13.9 Å². The van der Waals surface area contributed by atoms with Crippen molar-refractivity contribution in [2.75, 3.05) is 14.2 Å². The molecule has 166 valence electrons. The number of ether oxygens (including phenoxy) is 2. The average molecular weight is 446 g/mol. The maximum Gasteiger partial charge on any atom is 0.283 e. The lowest BCUT2D eigenvalue weighted by molar-refractivity contribution is 0.181. The largest absolute Gasteiger partial charge is 0.497 e. The summed E-state index contributed by atoms with van der Waals surface area (Å²) < 4.78 is 26.9. The Bertz CT molecular complexity index is 1510. The summed E-state index contributed by atoms with van der Waals surface area (Å²) >= 11 is 0. The second kappa shape index (κ2) is 8.40. The van der Waals surface area contributed by atoms with Crippen LogP contribution in [-0.4, -0.2) is 43.6 Å². The minimum Gasteiger partial charge on any atom is -0.497 e. The Labute approximate surface area is 187 Å². The maximum atomic E-state index is 13.4. The predicted molar refractivity (Wildman–Crippen MR) is 119 cm³/mol. The standard InChI is InChI=1S/C23H19FN6O3/c1-32-12-18-19(15-5-7-16(24)8-6-15)21-27-26-20-22(30(21)28-18)25-13-29(23(20)31)11-14-3-9-17(33-2)10-4-14/h3-10,13H,11-12H2,1-2H3. The molecule has 0 aliphatic rings. The SMILES string of the molecule is COCc1nn2c(nnc3c(=O)n(Cc4ccc(OC)cc4)cnc32)c1-c1ccc(F)cc1. The fourth-order valence-corrected chi connectivity index (χ4v) is 3.69. The highest BCUT2D eigenvalue weighted by Gasteiger charge is 2.20. The van der Waals surface area contributed by atoms with Crippen LogP contribution in [0.15, 0.2) is 59.7 Å². The molecular formula is C23H19FN6O3. The van der Waals surface area contributed by atoms with Crippen LogP contribution < -0.4 is 10.3 Å². The summed E-state index contributed by atoms with van der Waals surface area (Å²) in [6.45, 7) is 0.520. The number of aromatic nitrogens is 6. The number of benzene rings is 2. The van der Waals surface area contributed by atoms with E-state index in [0.717, 1.165) is 11.3 Å². The molecule has 10 heteroatoms. The van der Waals surface area contributed by atoms with Gasteiger partial charge in [0, 0.05) is 7.11 Å². The van der Waals surface area contributed by atoms with Gasteiger partial charge in [0.1, 0.15) is 17.9 Å². The minimum atomic E-state index is -0.348. The van der Waals surface area contributed by atoms with E-state index in [1.54, 1.807) is 26.4 Å². The Morgan fingerprint density at radius 1 is 0.970 bits per heavy atom. The van der Waals surface area contributed by atoms with E-state index < -0.39 is 0 Å². The molecule has 0 aliphatic heterocycles. The summed E-state index contributed by atoms with van der Waals surface area (Å²) in [5.41, 5.74) is 3.29. The molecule has 0 bridgehead atoms. The Morgan fingerprint density at radius 3 is 2.42 bits per heavy atom. The van der Waals surface area contributed by atoms with Crippen LogP contribution in [0.5, 0.6) is 5.75 Å². The third-order valence-electron chi connectivity index (χ3n) is 5.30. The van der Waals surface area contributed by atoms with E-state index in [1.165, 1.54) is 27.5 Å². The van der Waals surface area contributed by atoms with E-state index in [9.17, 15) is 9.18 Å². The molecule has 0 amide bonds. The molecule has 0 N–H and O–H groups in total. The van der Waals surface area contributed by atoms with Gasteiger partial charge in [0.2, 0.25) is 0 Å². The maximum absolute atomic E-state index is 13.4. The van der Waals surface area contributed by atoms with Gasteiger partial charge in [-0.15, -0.1) is 10.2 Å². The fraction of sp³-hybridized carbons (Fsp3) is 0.174. The lowest BCUT2D eigenvalue weighted by Gasteiger charge is -2.07. The van der Waals surface area contributed by atoms with Crippen LogP contribution in [0.1, 0.15) is 11.3 Å². The first-order chi connectivity index (χ1) is 16.1. The second-order valence-electron chi connectivity index (χ2n) is 7.39. The molecule has 3 aromatic heterocycles. The summed E-state index contributed by atoms with van der Waals surface area (Å²) in [7, 11) is 3.15. The monoisotopic (exact) mass is 446 g/mol. The lowest BCUT2D eigenvalue weighted by atomic mass is 10.1. The van der Waals surface area contributed by atoms with E-state index >= 15 is 0 Å². The number of rotatable bonds is 6. The zero-order valence-electron chi connectivity index (χ0n) is 17.9. The Balaban J connectivity index is 1.63. The van der Waals surface area contributed by atoms with Gasteiger partial charge in [0.15, 0.2) is 16.8 Å². The number of fused-ring (bicyclic) bond motifs is 3. The van der Waals surface area contributed by atoms with Gasteiger partial charge in [-0.3, -0.25) is 9.36 Å². The van der Waals surface area contributed by atoms with Crippen LogP contribution in [0.4, 0.5) is 4.39 Å². The van der Waals surface area contributed by atoms with Crippen LogP contribution in [0.2, 0.25) is 0 Å². The molecule has 9 nitrogen and oxygen atoms in total. The van der Waals surface area contributed by atoms with Crippen LogP contribution in [0, 0.1) is 5.82 Å². The first-order valence-electron chi connectivity index (χ1n) is 10.1. The number of methoxy groups -OCH3 is 2. The number of hydrogen-bond acceptors (Lipinski definition) is 7. The van der Waals surface area contributed by atoms with Crippen LogP contribution in [0.25, 0.3) is 27.9 Å². The van der Waals surface area contributed by atoms with E-state index in [1.807, 2.05) is 24.3 Å². The van der Waals surface area contributed by atoms with Gasteiger partial charge >= 0.3 is 0 Å². The van der Waals surface area contributed by atoms with E-state index in [2.05, 4.69) is 20.3 Å². The van der Waals surface area contributed by atoms with Crippen molar-refractivity contribution in [3.63, 3.8) is 0 Å². The summed E-state index contributed by atoms with van der Waals surface area (Å²) in [6.07, 6.45) is 1.46. The zero-order valence-corrected chi connectivity index (χ0v) is 17.9. The summed E-state index contributed by atoms with van der Waals surface area (Å²) in [4.78, 5) is 17.6. The van der Waals surface area contributed by atoms with Crippen molar-refractivity contribution in [1.82, 2.24) is 29.4 Å². The zero-order chi connectivity index (χ0) is 22.9. The lowest BCUT2D eigenvalue weighted by Crippen LogP contribution is -2.23. The molecule has 0 aliphatic carbocycles. The molecular weight excluding hydrogens is 427 g/mol. The Hall–Kier alpha value is -4.18. The van der Waals surface area contributed by atoms with Gasteiger partial charge in [0.05, 0.1) is 31.5 Å². The highest BCUT2D eigenvalue weighted by Crippen LogP contribution is 2.29. The molecule has 5 rings (SSSR count). The van der Waals surface area contributed by atoms with Gasteiger partial charge in [-0.05, 0) is 35.4 Å². The van der Waals surface area contributed by atoms with E-state index in [0.29, 0.717) is 29.0 Å². The third-order valence-corrected chi connectivity index (χ3v) is 5.30. The predicted octanol–water partition coefficient (Wildman–Crippen LogP) is 2.84. The minimum absolute atomic E-state index is 0.0932. The topological polar surface area (TPSA) is 96.4 Å². The van der Waals surface area contributed by atoms with Gasteiger partial charge in [-0.1, -0.05) is 24.3 Å². The fourth-order valence-electron chi connectivity index (χ4n) is 3.69. The summed E-state index contributed by atoms with van der Waals surface area (Å²) in [5, 5.41) is 13.0. The van der Waals surface area contributed by atoms with Crippen LogP contribution >= 0.6 is 0 Å². The molecule has 0 atom stereocenters. The quantitative estimate of drug-likeness (QED) is 0.396. The molecule has 0 saturated carbocycles. The van der Waals surface area contributed by atoms with Crippen molar-refractivity contribution >= 4 is 16.8 Å². The van der Waals surface area contributed by atoms with Crippen molar-refractivity contribution in [2.24, 2.45) is 0 Å². The summed E-state index contributed by atoms with van der Waals surface area (Å²) in [5.74, 6) is 0.387. The van der Waals surface area contributed by atoms with Crippen molar-refractivity contribution in [3.8, 4) is 16.9 Å². The first kappa shape index (κ1) is 20.7. The molecule has 33 heavy (non-hydrogen) atoms. The first-order valence-corrected chi connectivity index (χ1v) is 10.1. The number of halogens is 1. The number of hydrogen-bond donors (Lipinski definition) is 0. The Morgan fingerprint density at radius 2 is 1.73 bits per heavy atom. The van der Waals surface area contributed by atoms with Gasteiger partial charge in [0.25, 0.3) is 5.56 Å². The summed E-state index contributed by atoms with van der Waals surface area (Å²) in [6, 6.07) is 13.4. The highest BCUT2D eigenvalue weighted by atomic mass is 19.1.